The first-order valence-electron chi connectivity index (χ1n) is 4.14. The van der Waals surface area contributed by atoms with Gasteiger partial charge in [-0.05, 0) is 20.8 Å². The molecule has 0 spiro atoms. The molecule has 0 aliphatic carbocycles. The lowest BCUT2D eigenvalue weighted by atomic mass is 10.2. The molecule has 0 fully saturated rings. The van der Waals surface area contributed by atoms with Crippen molar-refractivity contribution in [2.45, 2.75) is 26.4 Å². The third-order valence-corrected chi connectivity index (χ3v) is 1.13. The lowest BCUT2D eigenvalue weighted by Gasteiger charge is -2.24. The lowest BCUT2D eigenvalue weighted by Crippen LogP contribution is -2.44. The van der Waals surface area contributed by atoms with Gasteiger partial charge in [-0.1, -0.05) is 0 Å². The summed E-state index contributed by atoms with van der Waals surface area (Å²) in [7, 11) is 1.40. The molecule has 0 heterocycles. The number of amides is 1. The molecular formula is C8H16N2O4. The molecule has 0 bridgehead atoms. The van der Waals surface area contributed by atoms with Gasteiger partial charge in [0, 0.05) is 7.05 Å². The number of rotatable bonds is 3. The van der Waals surface area contributed by atoms with Crippen LogP contribution in [0, 0.1) is 0 Å². The van der Waals surface area contributed by atoms with Crippen molar-refractivity contribution >= 4 is 12.1 Å². The van der Waals surface area contributed by atoms with Crippen LogP contribution in [0.25, 0.3) is 0 Å². The average molecular weight is 204 g/mol. The molecular weight excluding hydrogens is 188 g/mol. The summed E-state index contributed by atoms with van der Waals surface area (Å²) in [6, 6.07) is 0. The number of aliphatic carboxylic acids is 1. The lowest BCUT2D eigenvalue weighted by molar-refractivity contribution is -0.136. The Morgan fingerprint density at radius 1 is 1.43 bits per heavy atom. The molecule has 1 amide bonds. The summed E-state index contributed by atoms with van der Waals surface area (Å²) in [6.45, 7) is 4.87. The number of carboxylic acids is 1. The molecule has 2 N–H and O–H groups in total. The van der Waals surface area contributed by atoms with Crippen LogP contribution in [0.3, 0.4) is 0 Å². The van der Waals surface area contributed by atoms with Gasteiger partial charge in [0.05, 0.1) is 0 Å². The Morgan fingerprint density at radius 3 is 2.29 bits per heavy atom. The molecule has 0 rings (SSSR count). The second kappa shape index (κ2) is 4.80. The summed E-state index contributed by atoms with van der Waals surface area (Å²) in [4.78, 5) is 21.4. The molecule has 82 valence electrons. The summed E-state index contributed by atoms with van der Waals surface area (Å²) >= 11 is 0. The Kier molecular flexibility index (Phi) is 4.36. The number of carbonyl (C=O) groups is 2. The minimum absolute atomic E-state index is 0.324. The summed E-state index contributed by atoms with van der Waals surface area (Å²) in [5, 5.41) is 9.33. The minimum atomic E-state index is -1.04. The van der Waals surface area contributed by atoms with Crippen LogP contribution in [0.2, 0.25) is 0 Å². The zero-order valence-corrected chi connectivity index (χ0v) is 8.83. The highest BCUT2D eigenvalue weighted by atomic mass is 16.6. The van der Waals surface area contributed by atoms with Crippen LogP contribution in [-0.2, 0) is 9.53 Å². The Labute approximate surface area is 82.8 Å². The van der Waals surface area contributed by atoms with Gasteiger partial charge in [0.25, 0.3) is 0 Å². The van der Waals surface area contributed by atoms with Gasteiger partial charge in [-0.25, -0.2) is 15.2 Å². The Bertz CT molecular complexity index is 222. The first kappa shape index (κ1) is 12.7. The average Bonchev–Trinajstić information content (AvgIpc) is 1.96. The Balaban J connectivity index is 3.94. The van der Waals surface area contributed by atoms with Crippen LogP contribution in [0.4, 0.5) is 4.79 Å². The van der Waals surface area contributed by atoms with Crippen molar-refractivity contribution in [2.75, 3.05) is 13.6 Å². The normalized spacial score (nSPS) is 10.9. The first-order valence-corrected chi connectivity index (χ1v) is 4.14. The second-order valence-corrected chi connectivity index (χ2v) is 3.77. The van der Waals surface area contributed by atoms with E-state index in [1.807, 2.05) is 0 Å². The fourth-order valence-corrected chi connectivity index (χ4v) is 0.581. The van der Waals surface area contributed by atoms with E-state index in [0.717, 1.165) is 5.01 Å². The monoisotopic (exact) mass is 204 g/mol. The molecule has 0 aromatic rings. The van der Waals surface area contributed by atoms with Crippen LogP contribution in [-0.4, -0.2) is 41.4 Å². The highest BCUT2D eigenvalue weighted by Gasteiger charge is 2.19. The van der Waals surface area contributed by atoms with Gasteiger partial charge in [-0.15, -0.1) is 0 Å². The number of ether oxygens (including phenoxy) is 1. The van der Waals surface area contributed by atoms with Gasteiger partial charge >= 0.3 is 12.1 Å². The van der Waals surface area contributed by atoms with E-state index < -0.39 is 17.7 Å². The van der Waals surface area contributed by atoms with Gasteiger partial charge in [-0.2, -0.15) is 0 Å². The van der Waals surface area contributed by atoms with Crippen molar-refractivity contribution in [1.82, 2.24) is 10.4 Å². The number of carboxylic acid groups (broad SMARTS) is 1. The molecule has 0 aromatic heterocycles. The van der Waals surface area contributed by atoms with Gasteiger partial charge < -0.3 is 9.84 Å². The van der Waals surface area contributed by atoms with E-state index in [-0.39, 0.29) is 6.54 Å². The molecule has 0 atom stereocenters. The van der Waals surface area contributed by atoms with Crippen LogP contribution in [0.15, 0.2) is 0 Å². The van der Waals surface area contributed by atoms with E-state index in [0.29, 0.717) is 0 Å². The van der Waals surface area contributed by atoms with E-state index in [9.17, 15) is 9.59 Å². The van der Waals surface area contributed by atoms with E-state index in [1.165, 1.54) is 7.05 Å². The molecule has 0 aliphatic heterocycles. The predicted octanol–water partition coefficient (Wildman–Crippen LogP) is 0.443. The topological polar surface area (TPSA) is 78.9 Å². The zero-order chi connectivity index (χ0) is 11.4. The molecule has 0 saturated heterocycles. The third-order valence-electron chi connectivity index (χ3n) is 1.13. The van der Waals surface area contributed by atoms with E-state index in [1.54, 1.807) is 20.8 Å². The first-order chi connectivity index (χ1) is 6.22. The van der Waals surface area contributed by atoms with Gasteiger partial charge in [0.2, 0.25) is 0 Å². The summed E-state index contributed by atoms with van der Waals surface area (Å²) < 4.78 is 4.96. The summed E-state index contributed by atoms with van der Waals surface area (Å²) in [6.07, 6.45) is -0.612. The van der Waals surface area contributed by atoms with Crippen molar-refractivity contribution < 1.29 is 19.4 Å². The quantitative estimate of drug-likeness (QED) is 0.652. The van der Waals surface area contributed by atoms with Crippen LogP contribution >= 0.6 is 0 Å². The van der Waals surface area contributed by atoms with Gasteiger partial charge in [0.15, 0.2) is 0 Å². The number of carbonyl (C=O) groups excluding carboxylic acids is 1. The predicted molar refractivity (Wildman–Crippen MR) is 49.6 cm³/mol. The molecule has 0 saturated carbocycles. The molecule has 0 aliphatic rings. The SMILES string of the molecule is CN(NCC(=O)O)C(=O)OC(C)(C)C. The van der Waals surface area contributed by atoms with Crippen molar-refractivity contribution in [1.29, 1.82) is 0 Å². The van der Waals surface area contributed by atoms with Crippen molar-refractivity contribution in [3.63, 3.8) is 0 Å². The minimum Gasteiger partial charge on any atom is -0.480 e. The molecule has 6 nitrogen and oxygen atoms in total. The fraction of sp³-hybridized carbons (Fsp3) is 0.750. The van der Waals surface area contributed by atoms with E-state index >= 15 is 0 Å². The standard InChI is InChI=1S/C8H16N2O4/c1-8(2,3)14-7(13)10(4)9-5-6(11)12/h9H,5H2,1-4H3,(H,11,12). The third kappa shape index (κ3) is 6.24. The maximum Gasteiger partial charge on any atom is 0.424 e. The summed E-state index contributed by atoms with van der Waals surface area (Å²) in [5.41, 5.74) is 1.78. The highest BCUT2D eigenvalue weighted by Crippen LogP contribution is 2.07. The van der Waals surface area contributed by atoms with Crippen LogP contribution in [0.1, 0.15) is 20.8 Å². The van der Waals surface area contributed by atoms with Crippen molar-refractivity contribution in [3.05, 3.63) is 0 Å². The summed E-state index contributed by atoms with van der Waals surface area (Å²) in [5.74, 6) is -1.04. The van der Waals surface area contributed by atoms with Gasteiger partial charge in [0.1, 0.15) is 12.1 Å². The number of nitrogens with zero attached hydrogens (tertiary/aromatic N) is 1. The van der Waals surface area contributed by atoms with Crippen LogP contribution in [0.5, 0.6) is 0 Å². The zero-order valence-electron chi connectivity index (χ0n) is 8.83. The smallest absolute Gasteiger partial charge is 0.424 e. The van der Waals surface area contributed by atoms with E-state index in [4.69, 9.17) is 9.84 Å². The maximum absolute atomic E-state index is 11.2. The second-order valence-electron chi connectivity index (χ2n) is 3.77. The number of hydrogen-bond donors (Lipinski definition) is 2. The molecule has 0 unspecified atom stereocenters. The van der Waals surface area contributed by atoms with Crippen molar-refractivity contribution in [3.8, 4) is 0 Å². The number of hydrogen-bond acceptors (Lipinski definition) is 4. The molecule has 0 aromatic carbocycles. The Morgan fingerprint density at radius 2 is 1.93 bits per heavy atom. The number of hydrazine groups is 1. The maximum atomic E-state index is 11.2. The van der Waals surface area contributed by atoms with E-state index in [2.05, 4.69) is 5.43 Å². The van der Waals surface area contributed by atoms with Gasteiger partial charge in [-0.3, -0.25) is 4.79 Å². The largest absolute Gasteiger partial charge is 0.480 e. The fourth-order valence-electron chi connectivity index (χ4n) is 0.581. The molecule has 6 heteroatoms. The van der Waals surface area contributed by atoms with Crippen molar-refractivity contribution in [2.24, 2.45) is 0 Å². The number of nitrogens with one attached hydrogen (secondary N) is 1. The molecule has 0 radical (unpaired) electrons. The highest BCUT2D eigenvalue weighted by molar-refractivity contribution is 5.71. The van der Waals surface area contributed by atoms with Crippen LogP contribution < -0.4 is 5.43 Å². The molecule has 14 heavy (non-hydrogen) atoms. The Hall–Kier alpha value is -1.30.